The molecule has 0 saturated carbocycles. The highest BCUT2D eigenvalue weighted by atomic mass is 35.5. The van der Waals surface area contributed by atoms with Gasteiger partial charge in [-0.25, -0.2) is 8.78 Å². The summed E-state index contributed by atoms with van der Waals surface area (Å²) in [4.78, 5) is 26.1. The second kappa shape index (κ2) is 9.62. The van der Waals surface area contributed by atoms with Gasteiger partial charge in [0.2, 0.25) is 11.8 Å². The van der Waals surface area contributed by atoms with Crippen LogP contribution in [0.1, 0.15) is 19.3 Å². The topological polar surface area (TPSA) is 70.7 Å². The molecule has 0 radical (unpaired) electrons. The second-order valence-corrected chi connectivity index (χ2v) is 7.40. The average Bonchev–Trinajstić information content (AvgIpc) is 3.02. The van der Waals surface area contributed by atoms with Crippen molar-refractivity contribution >= 4 is 29.9 Å². The van der Waals surface area contributed by atoms with Crippen LogP contribution in [-0.2, 0) is 14.3 Å². The molecular formula is C19H26ClF2N3O3. The number of amides is 2. The van der Waals surface area contributed by atoms with Crippen molar-refractivity contribution in [1.29, 1.82) is 0 Å². The number of anilines is 1. The molecule has 0 spiro atoms. The van der Waals surface area contributed by atoms with Crippen molar-refractivity contribution in [3.05, 3.63) is 29.8 Å². The monoisotopic (exact) mass is 417 g/mol. The van der Waals surface area contributed by atoms with Crippen molar-refractivity contribution in [1.82, 2.24) is 10.6 Å². The van der Waals surface area contributed by atoms with Gasteiger partial charge in [-0.3, -0.25) is 9.59 Å². The Labute approximate surface area is 169 Å². The largest absolute Gasteiger partial charge is 0.384 e. The van der Waals surface area contributed by atoms with Gasteiger partial charge >= 0.3 is 0 Å². The SMILES string of the molecule is COCC1(CNC(=O)C2CC(=O)N(c3ccc(F)cc3F)C2)CCNCC1.Cl. The molecule has 1 aromatic carbocycles. The Hall–Kier alpha value is -1.77. The van der Waals surface area contributed by atoms with Gasteiger partial charge in [-0.15, -0.1) is 12.4 Å². The smallest absolute Gasteiger partial charge is 0.227 e. The van der Waals surface area contributed by atoms with E-state index in [-0.39, 0.29) is 48.3 Å². The van der Waals surface area contributed by atoms with Crippen LogP contribution in [0, 0.1) is 23.0 Å². The molecule has 1 unspecified atom stereocenters. The normalized spacial score (nSPS) is 21.3. The third-order valence-corrected chi connectivity index (χ3v) is 5.45. The molecule has 1 atom stereocenters. The van der Waals surface area contributed by atoms with Crippen LogP contribution in [0.4, 0.5) is 14.5 Å². The first-order chi connectivity index (χ1) is 12.9. The number of nitrogens with one attached hydrogen (secondary N) is 2. The molecule has 0 aliphatic carbocycles. The summed E-state index contributed by atoms with van der Waals surface area (Å²) in [6.45, 7) is 2.88. The highest BCUT2D eigenvalue weighted by Crippen LogP contribution is 2.30. The Kier molecular flexibility index (Phi) is 7.74. The van der Waals surface area contributed by atoms with Gasteiger partial charge < -0.3 is 20.3 Å². The molecule has 2 aliphatic rings. The summed E-state index contributed by atoms with van der Waals surface area (Å²) in [5, 5.41) is 6.25. The molecule has 2 fully saturated rings. The van der Waals surface area contributed by atoms with E-state index in [9.17, 15) is 18.4 Å². The van der Waals surface area contributed by atoms with E-state index in [4.69, 9.17) is 4.74 Å². The predicted octanol–water partition coefficient (Wildman–Crippen LogP) is 1.87. The fraction of sp³-hybridized carbons (Fsp3) is 0.579. The molecule has 0 aromatic heterocycles. The van der Waals surface area contributed by atoms with Gasteiger partial charge in [0.05, 0.1) is 18.2 Å². The molecule has 2 N–H and O–H groups in total. The summed E-state index contributed by atoms with van der Waals surface area (Å²) in [7, 11) is 1.65. The lowest BCUT2D eigenvalue weighted by Crippen LogP contribution is -2.48. The highest BCUT2D eigenvalue weighted by Gasteiger charge is 2.38. The van der Waals surface area contributed by atoms with Gasteiger partial charge in [0.15, 0.2) is 0 Å². The number of benzene rings is 1. The third-order valence-electron chi connectivity index (χ3n) is 5.45. The van der Waals surface area contributed by atoms with Crippen LogP contribution in [0.2, 0.25) is 0 Å². The lowest BCUT2D eigenvalue weighted by Gasteiger charge is -2.37. The van der Waals surface area contributed by atoms with E-state index in [2.05, 4.69) is 10.6 Å². The van der Waals surface area contributed by atoms with Gasteiger partial charge in [-0.05, 0) is 38.1 Å². The van der Waals surface area contributed by atoms with Crippen molar-refractivity contribution < 1.29 is 23.1 Å². The number of nitrogens with zero attached hydrogens (tertiary/aromatic N) is 1. The first-order valence-corrected chi connectivity index (χ1v) is 9.17. The molecule has 2 amide bonds. The number of halogens is 3. The molecule has 6 nitrogen and oxygen atoms in total. The summed E-state index contributed by atoms with van der Waals surface area (Å²) in [5.74, 6) is -2.62. The Morgan fingerprint density at radius 1 is 1.36 bits per heavy atom. The summed E-state index contributed by atoms with van der Waals surface area (Å²) < 4.78 is 32.4. The Morgan fingerprint density at radius 2 is 2.07 bits per heavy atom. The molecule has 2 aliphatic heterocycles. The van der Waals surface area contributed by atoms with E-state index >= 15 is 0 Å². The van der Waals surface area contributed by atoms with Crippen LogP contribution in [0.3, 0.4) is 0 Å². The quantitative estimate of drug-likeness (QED) is 0.741. The minimum absolute atomic E-state index is 0. The number of hydrogen-bond donors (Lipinski definition) is 2. The summed E-state index contributed by atoms with van der Waals surface area (Å²) >= 11 is 0. The zero-order valence-electron chi connectivity index (χ0n) is 15.8. The third kappa shape index (κ3) is 4.98. The molecular weight excluding hydrogens is 392 g/mol. The van der Waals surface area contributed by atoms with E-state index in [1.807, 2.05) is 0 Å². The van der Waals surface area contributed by atoms with Gasteiger partial charge in [0.25, 0.3) is 0 Å². The minimum Gasteiger partial charge on any atom is -0.384 e. The van der Waals surface area contributed by atoms with Crippen LogP contribution < -0.4 is 15.5 Å². The first-order valence-electron chi connectivity index (χ1n) is 9.17. The molecule has 0 bridgehead atoms. The number of rotatable bonds is 6. The van der Waals surface area contributed by atoms with Gasteiger partial charge in [0.1, 0.15) is 11.6 Å². The molecule has 1 aromatic rings. The van der Waals surface area contributed by atoms with Gasteiger partial charge in [0, 0.05) is 38.1 Å². The predicted molar refractivity (Wildman–Crippen MR) is 103 cm³/mol. The lowest BCUT2D eigenvalue weighted by molar-refractivity contribution is -0.127. The maximum Gasteiger partial charge on any atom is 0.227 e. The standard InChI is InChI=1S/C19H25F2N3O3.ClH/c1-27-12-19(4-6-22-7-5-19)11-23-18(26)13-8-17(25)24(10-13)16-3-2-14(20)9-15(16)21;/h2-3,9,13,22H,4-8,10-12H2,1H3,(H,23,26);1H. The Morgan fingerprint density at radius 3 is 2.71 bits per heavy atom. The van der Waals surface area contributed by atoms with Crippen LogP contribution in [0.15, 0.2) is 18.2 Å². The molecule has 2 heterocycles. The van der Waals surface area contributed by atoms with Crippen LogP contribution in [0.25, 0.3) is 0 Å². The van der Waals surface area contributed by atoms with Crippen LogP contribution in [0.5, 0.6) is 0 Å². The fourth-order valence-electron chi connectivity index (χ4n) is 3.87. The van der Waals surface area contributed by atoms with E-state index in [1.165, 1.54) is 11.0 Å². The maximum absolute atomic E-state index is 14.0. The number of carbonyl (C=O) groups is 2. The van der Waals surface area contributed by atoms with E-state index in [0.29, 0.717) is 13.2 Å². The fourth-order valence-corrected chi connectivity index (χ4v) is 3.87. The minimum atomic E-state index is -0.807. The van der Waals surface area contributed by atoms with E-state index in [1.54, 1.807) is 7.11 Å². The van der Waals surface area contributed by atoms with Crippen molar-refractivity contribution in [2.75, 3.05) is 44.8 Å². The average molecular weight is 418 g/mol. The molecule has 9 heteroatoms. The van der Waals surface area contributed by atoms with Crippen LogP contribution in [-0.4, -0.2) is 51.7 Å². The van der Waals surface area contributed by atoms with Crippen molar-refractivity contribution in [2.45, 2.75) is 19.3 Å². The molecule has 156 valence electrons. The van der Waals surface area contributed by atoms with Crippen molar-refractivity contribution in [3.8, 4) is 0 Å². The lowest BCUT2D eigenvalue weighted by atomic mass is 9.79. The van der Waals surface area contributed by atoms with Crippen LogP contribution >= 0.6 is 12.4 Å². The second-order valence-electron chi connectivity index (χ2n) is 7.40. The van der Waals surface area contributed by atoms with Gasteiger partial charge in [-0.2, -0.15) is 0 Å². The van der Waals surface area contributed by atoms with E-state index in [0.717, 1.165) is 38.1 Å². The number of methoxy groups -OCH3 is 1. The zero-order valence-corrected chi connectivity index (χ0v) is 16.6. The highest BCUT2D eigenvalue weighted by molar-refractivity contribution is 6.00. The van der Waals surface area contributed by atoms with Crippen molar-refractivity contribution in [2.24, 2.45) is 11.3 Å². The number of ether oxygens (including phenoxy) is 1. The molecule has 3 rings (SSSR count). The zero-order chi connectivity index (χ0) is 19.4. The molecule has 28 heavy (non-hydrogen) atoms. The molecule has 2 saturated heterocycles. The Balaban J connectivity index is 0.00000280. The summed E-state index contributed by atoms with van der Waals surface area (Å²) in [6.07, 6.45) is 1.82. The number of piperidine rings is 1. The van der Waals surface area contributed by atoms with E-state index < -0.39 is 17.6 Å². The maximum atomic E-state index is 14.0. The van der Waals surface area contributed by atoms with Crippen molar-refractivity contribution in [3.63, 3.8) is 0 Å². The number of carbonyl (C=O) groups excluding carboxylic acids is 2. The summed E-state index contributed by atoms with van der Waals surface area (Å²) in [6, 6.07) is 3.07. The number of hydrogen-bond acceptors (Lipinski definition) is 4. The summed E-state index contributed by atoms with van der Waals surface area (Å²) in [5.41, 5.74) is -0.105. The van der Waals surface area contributed by atoms with Gasteiger partial charge in [-0.1, -0.05) is 0 Å². The Bertz CT molecular complexity index is 708. The first kappa shape index (κ1) is 22.5.